The van der Waals surface area contributed by atoms with Gasteiger partial charge >= 0.3 is 0 Å². The van der Waals surface area contributed by atoms with Gasteiger partial charge in [-0.25, -0.2) is 8.78 Å². The highest BCUT2D eigenvalue weighted by Crippen LogP contribution is 2.37. The van der Waals surface area contributed by atoms with Crippen LogP contribution >= 0.6 is 23.4 Å². The normalized spacial score (nSPS) is 17.2. The second-order valence-electron chi connectivity index (χ2n) is 7.00. The molecule has 2 aromatic carbocycles. The van der Waals surface area contributed by atoms with Gasteiger partial charge in [0.2, 0.25) is 0 Å². The molecule has 0 atom stereocenters. The first-order valence-electron chi connectivity index (χ1n) is 8.53. The highest BCUT2D eigenvalue weighted by atomic mass is 35.5. The van der Waals surface area contributed by atoms with Crippen LogP contribution in [0.2, 0.25) is 5.02 Å². The topological polar surface area (TPSA) is 41.9 Å². The molecule has 3 rings (SSSR count). The van der Waals surface area contributed by atoms with Crippen LogP contribution in [0, 0.1) is 11.6 Å². The summed E-state index contributed by atoms with van der Waals surface area (Å²) in [6.07, 6.45) is 0. The van der Waals surface area contributed by atoms with Gasteiger partial charge in [-0.15, -0.1) is 0 Å². The van der Waals surface area contributed by atoms with E-state index >= 15 is 0 Å². The van der Waals surface area contributed by atoms with Crippen molar-refractivity contribution in [2.45, 2.75) is 25.1 Å². The predicted molar refractivity (Wildman–Crippen MR) is 108 cm³/mol. The average Bonchev–Trinajstić information content (AvgIpc) is 2.91. The minimum atomic E-state index is -0.513. The van der Waals surface area contributed by atoms with Gasteiger partial charge in [0.25, 0.3) is 5.91 Å². The predicted octanol–water partition coefficient (Wildman–Crippen LogP) is 5.15. The number of aliphatic imine (C=N–C) groups is 1. The van der Waals surface area contributed by atoms with E-state index in [0.717, 1.165) is 18.2 Å². The number of methoxy groups -OCH3 is 1. The van der Waals surface area contributed by atoms with E-state index in [4.69, 9.17) is 16.3 Å². The zero-order valence-electron chi connectivity index (χ0n) is 15.6. The smallest absolute Gasteiger partial charge is 0.283 e. The molecule has 1 heterocycles. The van der Waals surface area contributed by atoms with Crippen LogP contribution < -0.4 is 4.74 Å². The fraction of sp³-hybridized carbons (Fsp3) is 0.300. The molecule has 28 heavy (non-hydrogen) atoms. The molecule has 8 heteroatoms. The summed E-state index contributed by atoms with van der Waals surface area (Å²) >= 11 is 7.41. The number of amidine groups is 1. The van der Waals surface area contributed by atoms with Crippen LogP contribution in [0.25, 0.3) is 0 Å². The zero-order valence-corrected chi connectivity index (χ0v) is 17.2. The Bertz CT molecular complexity index is 950. The van der Waals surface area contributed by atoms with Crippen molar-refractivity contribution >= 4 is 34.4 Å². The van der Waals surface area contributed by atoms with Crippen LogP contribution in [0.15, 0.2) is 41.4 Å². The molecule has 148 valence electrons. The zero-order chi connectivity index (χ0) is 20.5. The molecule has 0 radical (unpaired) electrons. The van der Waals surface area contributed by atoms with Crippen LogP contribution in [-0.2, 0) is 6.54 Å². The SMILES string of the molecule is COc1ccc(Cl)cc1C(=O)N=C1SC(C)(C)CN1Cc1cc(F)ccc1F. The van der Waals surface area contributed by atoms with Crippen LogP contribution in [0.3, 0.4) is 0 Å². The summed E-state index contributed by atoms with van der Waals surface area (Å²) in [5.41, 5.74) is 0.448. The van der Waals surface area contributed by atoms with Crippen molar-refractivity contribution in [3.63, 3.8) is 0 Å². The van der Waals surface area contributed by atoms with Gasteiger partial charge in [0.1, 0.15) is 17.4 Å². The Morgan fingerprint density at radius 1 is 1.29 bits per heavy atom. The second kappa shape index (κ2) is 8.09. The van der Waals surface area contributed by atoms with E-state index in [0.29, 0.717) is 22.5 Å². The molecule has 1 saturated heterocycles. The molecular formula is C20H19ClF2N2O2S. The van der Waals surface area contributed by atoms with E-state index in [1.807, 2.05) is 13.8 Å². The Balaban J connectivity index is 1.93. The van der Waals surface area contributed by atoms with Gasteiger partial charge in [0.15, 0.2) is 5.17 Å². The van der Waals surface area contributed by atoms with Gasteiger partial charge in [-0.1, -0.05) is 23.4 Å². The lowest BCUT2D eigenvalue weighted by molar-refractivity contribution is 0.0998. The fourth-order valence-electron chi connectivity index (χ4n) is 2.95. The summed E-state index contributed by atoms with van der Waals surface area (Å²) in [5.74, 6) is -1.16. The van der Waals surface area contributed by atoms with Crippen molar-refractivity contribution in [2.75, 3.05) is 13.7 Å². The first kappa shape index (κ1) is 20.6. The number of ether oxygens (including phenoxy) is 1. The third-order valence-corrected chi connectivity index (χ3v) is 5.62. The Morgan fingerprint density at radius 2 is 2.04 bits per heavy atom. The van der Waals surface area contributed by atoms with E-state index in [9.17, 15) is 13.6 Å². The molecule has 0 bridgehead atoms. The number of benzene rings is 2. The summed E-state index contributed by atoms with van der Waals surface area (Å²) in [4.78, 5) is 18.8. The van der Waals surface area contributed by atoms with E-state index in [-0.39, 0.29) is 22.4 Å². The Labute approximate surface area is 171 Å². The van der Waals surface area contributed by atoms with Crippen LogP contribution in [-0.4, -0.2) is 34.4 Å². The number of carbonyl (C=O) groups is 1. The molecule has 0 aliphatic carbocycles. The molecule has 1 aliphatic rings. The molecule has 1 fully saturated rings. The number of hydrogen-bond acceptors (Lipinski definition) is 3. The molecule has 2 aromatic rings. The summed E-state index contributed by atoms with van der Waals surface area (Å²) in [6.45, 7) is 4.64. The Morgan fingerprint density at radius 3 is 2.75 bits per heavy atom. The molecule has 0 aromatic heterocycles. The largest absolute Gasteiger partial charge is 0.496 e. The molecular weight excluding hydrogens is 406 g/mol. The van der Waals surface area contributed by atoms with Crippen molar-refractivity contribution in [3.05, 3.63) is 64.2 Å². The van der Waals surface area contributed by atoms with Gasteiger partial charge in [0, 0.05) is 28.4 Å². The maximum absolute atomic E-state index is 14.1. The summed E-state index contributed by atoms with van der Waals surface area (Å²) in [7, 11) is 1.46. The highest BCUT2D eigenvalue weighted by Gasteiger charge is 2.36. The van der Waals surface area contributed by atoms with E-state index in [1.165, 1.54) is 24.9 Å². The quantitative estimate of drug-likeness (QED) is 0.680. The minimum absolute atomic E-state index is 0.110. The van der Waals surface area contributed by atoms with Gasteiger partial charge in [-0.05, 0) is 50.2 Å². The van der Waals surface area contributed by atoms with E-state index in [2.05, 4.69) is 4.99 Å². The Hall–Kier alpha value is -2.12. The minimum Gasteiger partial charge on any atom is -0.496 e. The number of amides is 1. The van der Waals surface area contributed by atoms with Gasteiger partial charge in [-0.3, -0.25) is 4.79 Å². The molecule has 4 nitrogen and oxygen atoms in total. The third-order valence-electron chi connectivity index (χ3n) is 4.17. The number of halogens is 3. The Kier molecular flexibility index (Phi) is 5.95. The maximum atomic E-state index is 14.1. The number of hydrogen-bond donors (Lipinski definition) is 0. The fourth-order valence-corrected chi connectivity index (χ4v) is 4.23. The van der Waals surface area contributed by atoms with E-state index < -0.39 is 17.5 Å². The number of thioether (sulfide) groups is 1. The van der Waals surface area contributed by atoms with Crippen molar-refractivity contribution in [1.82, 2.24) is 4.90 Å². The van der Waals surface area contributed by atoms with E-state index in [1.54, 1.807) is 17.0 Å². The lowest BCUT2D eigenvalue weighted by atomic mass is 10.1. The maximum Gasteiger partial charge on any atom is 0.283 e. The molecule has 0 saturated carbocycles. The van der Waals surface area contributed by atoms with Crippen LogP contribution in [0.5, 0.6) is 5.75 Å². The third kappa shape index (κ3) is 4.64. The monoisotopic (exact) mass is 424 g/mol. The van der Waals surface area contributed by atoms with Crippen molar-refractivity contribution in [2.24, 2.45) is 4.99 Å². The van der Waals surface area contributed by atoms with Crippen LogP contribution in [0.1, 0.15) is 29.8 Å². The molecule has 0 unspecified atom stereocenters. The summed E-state index contributed by atoms with van der Waals surface area (Å²) in [6, 6.07) is 8.04. The number of carbonyl (C=O) groups excluding carboxylic acids is 1. The van der Waals surface area contributed by atoms with Gasteiger partial charge in [-0.2, -0.15) is 4.99 Å². The van der Waals surface area contributed by atoms with Crippen molar-refractivity contribution < 1.29 is 18.3 Å². The highest BCUT2D eigenvalue weighted by molar-refractivity contribution is 8.15. The van der Waals surface area contributed by atoms with Gasteiger partial charge < -0.3 is 9.64 Å². The summed E-state index contributed by atoms with van der Waals surface area (Å²) in [5, 5.41) is 0.836. The lowest BCUT2D eigenvalue weighted by Crippen LogP contribution is -2.29. The molecule has 1 amide bonds. The molecule has 0 spiro atoms. The standard InChI is InChI=1S/C20H19ClF2N2O2S/c1-20(2)11-25(10-12-8-14(22)5-6-16(12)23)19(28-20)24-18(26)15-9-13(21)4-7-17(15)27-3/h4-9H,10-11H2,1-3H3. The van der Waals surface area contributed by atoms with Crippen molar-refractivity contribution in [1.29, 1.82) is 0 Å². The first-order chi connectivity index (χ1) is 13.2. The number of nitrogens with zero attached hydrogens (tertiary/aromatic N) is 2. The van der Waals surface area contributed by atoms with Crippen molar-refractivity contribution in [3.8, 4) is 5.75 Å². The molecule has 0 N–H and O–H groups in total. The first-order valence-corrected chi connectivity index (χ1v) is 9.72. The molecule has 1 aliphatic heterocycles. The summed E-state index contributed by atoms with van der Waals surface area (Å²) < 4.78 is 32.6. The van der Waals surface area contributed by atoms with Crippen LogP contribution in [0.4, 0.5) is 8.78 Å². The van der Waals surface area contributed by atoms with Gasteiger partial charge in [0.05, 0.1) is 12.7 Å². The second-order valence-corrected chi connectivity index (χ2v) is 9.11. The lowest BCUT2D eigenvalue weighted by Gasteiger charge is -2.20. The number of rotatable bonds is 4. The average molecular weight is 425 g/mol.